The van der Waals surface area contributed by atoms with Crippen molar-refractivity contribution in [2.24, 2.45) is 0 Å². The molecule has 5 nitrogen and oxygen atoms in total. The van der Waals surface area contributed by atoms with Crippen LogP contribution in [0.15, 0.2) is 201 Å². The van der Waals surface area contributed by atoms with E-state index >= 15 is 0 Å². The van der Waals surface area contributed by atoms with Gasteiger partial charge in [0, 0.05) is 51.0 Å². The number of hydrogen-bond acceptors (Lipinski definition) is 4. The van der Waals surface area contributed by atoms with Crippen LogP contribution in [0.25, 0.3) is 59.8 Å². The first-order chi connectivity index (χ1) is 27.3. The summed E-state index contributed by atoms with van der Waals surface area (Å²) in [6.45, 7) is 0. The summed E-state index contributed by atoms with van der Waals surface area (Å²) in [6.07, 6.45) is 7.56. The number of anilines is 6. The highest BCUT2D eigenvalue weighted by molar-refractivity contribution is 6.26. The molecule has 5 heteroatoms. The fourth-order valence-corrected chi connectivity index (χ4v) is 8.48. The van der Waals surface area contributed by atoms with E-state index in [2.05, 4.69) is 188 Å². The van der Waals surface area contributed by atoms with Crippen molar-refractivity contribution in [1.29, 1.82) is 0 Å². The number of hydrogen-bond donors (Lipinski definition) is 0. The number of aromatic nitrogens is 3. The van der Waals surface area contributed by atoms with Crippen LogP contribution in [0.2, 0.25) is 0 Å². The van der Waals surface area contributed by atoms with Crippen LogP contribution < -0.4 is 9.80 Å². The molecule has 0 saturated carbocycles. The third-order valence-corrected chi connectivity index (χ3v) is 10.8. The Hall–Kier alpha value is -7.50. The Morgan fingerprint density at radius 3 is 1.33 bits per heavy atom. The normalized spacial score (nSPS) is 11.6. The highest BCUT2D eigenvalue weighted by Gasteiger charge is 2.24. The molecular formula is C50H33N5. The molecule has 3 aromatic heterocycles. The fraction of sp³-hybridized carbons (Fsp3) is 0. The van der Waals surface area contributed by atoms with Crippen LogP contribution >= 0.6 is 0 Å². The zero-order chi connectivity index (χ0) is 36.3. The number of pyridine rings is 2. The predicted molar refractivity (Wildman–Crippen MR) is 229 cm³/mol. The molecule has 0 unspecified atom stereocenters. The Morgan fingerprint density at radius 1 is 0.364 bits per heavy atom. The first-order valence-electron chi connectivity index (χ1n) is 18.6. The molecule has 11 rings (SSSR count). The molecule has 55 heavy (non-hydrogen) atoms. The standard InChI is InChI=1S/C50H33N5/c1-2-16-38(17-3-1)55-47-30-41(53(39-18-10-26-51-32-39)45-22-8-14-34-12-4-6-20-43(34)45)28-36-24-25-37-29-42(31-48(55)50(37)49(36)47)54(40-19-11-27-52-33-40)46-23-9-15-35-13-5-7-21-44(35)46/h1-33H. The molecule has 0 fully saturated rings. The number of para-hydroxylation sites is 1. The maximum Gasteiger partial charge on any atom is 0.0645 e. The third kappa shape index (κ3) is 5.02. The monoisotopic (exact) mass is 703 g/mol. The molecule has 0 amide bonds. The summed E-state index contributed by atoms with van der Waals surface area (Å²) in [6, 6.07) is 63.2. The quantitative estimate of drug-likeness (QED) is 0.155. The van der Waals surface area contributed by atoms with Gasteiger partial charge in [0.25, 0.3) is 0 Å². The summed E-state index contributed by atoms with van der Waals surface area (Å²) in [4.78, 5) is 13.8. The maximum atomic E-state index is 4.58. The lowest BCUT2D eigenvalue weighted by Crippen LogP contribution is -2.11. The topological polar surface area (TPSA) is 37.2 Å². The molecule has 0 N–H and O–H groups in total. The minimum absolute atomic E-state index is 0.998. The van der Waals surface area contributed by atoms with E-state index in [1.165, 1.54) is 43.1 Å². The molecule has 258 valence electrons. The predicted octanol–water partition coefficient (Wildman–Crippen LogP) is 13.4. The van der Waals surface area contributed by atoms with Crippen LogP contribution in [-0.2, 0) is 0 Å². The lowest BCUT2D eigenvalue weighted by molar-refractivity contribution is 1.17. The van der Waals surface area contributed by atoms with Crippen molar-refractivity contribution < 1.29 is 0 Å². The molecule has 0 radical (unpaired) electrons. The molecule has 11 aromatic rings. The van der Waals surface area contributed by atoms with Gasteiger partial charge >= 0.3 is 0 Å². The first kappa shape index (κ1) is 31.1. The van der Waals surface area contributed by atoms with E-state index in [0.29, 0.717) is 0 Å². The van der Waals surface area contributed by atoms with Crippen LogP contribution in [0.4, 0.5) is 34.1 Å². The van der Waals surface area contributed by atoms with Crippen molar-refractivity contribution in [2.45, 2.75) is 0 Å². The van der Waals surface area contributed by atoms with Gasteiger partial charge in [0.1, 0.15) is 0 Å². The lowest BCUT2D eigenvalue weighted by atomic mass is 9.99. The molecule has 0 saturated heterocycles. The number of nitrogens with zero attached hydrogens (tertiary/aromatic N) is 5. The fourth-order valence-electron chi connectivity index (χ4n) is 8.48. The van der Waals surface area contributed by atoms with E-state index in [-0.39, 0.29) is 0 Å². The Morgan fingerprint density at radius 2 is 0.836 bits per heavy atom. The second-order valence-corrected chi connectivity index (χ2v) is 14.0. The van der Waals surface area contributed by atoms with Crippen LogP contribution in [0.3, 0.4) is 0 Å². The van der Waals surface area contributed by atoms with Gasteiger partial charge in [-0.2, -0.15) is 0 Å². The van der Waals surface area contributed by atoms with Crippen molar-refractivity contribution in [3.63, 3.8) is 0 Å². The SMILES string of the molecule is c1ccc(-n2c3cc(N(c4cccnc4)c4cccc5ccccc45)cc4ccc5cc(N(c6cccnc6)c6cccc7ccccc67)cc2c5c43)cc1. The second kappa shape index (κ2) is 12.6. The van der Waals surface area contributed by atoms with Gasteiger partial charge < -0.3 is 14.4 Å². The number of fused-ring (bicyclic) bond motifs is 2. The average molecular weight is 704 g/mol. The molecule has 0 aliphatic rings. The molecular weight excluding hydrogens is 671 g/mol. The van der Waals surface area contributed by atoms with Gasteiger partial charge in [-0.3, -0.25) is 9.97 Å². The Kier molecular flexibility index (Phi) is 7.10. The maximum absolute atomic E-state index is 4.58. The summed E-state index contributed by atoms with van der Waals surface area (Å²) in [5.74, 6) is 0. The van der Waals surface area contributed by atoms with Gasteiger partial charge in [-0.05, 0) is 94.3 Å². The molecule has 8 aromatic carbocycles. The van der Waals surface area contributed by atoms with E-state index in [0.717, 1.165) is 50.8 Å². The summed E-state index contributed by atoms with van der Waals surface area (Å²) in [5, 5.41) is 9.59. The van der Waals surface area contributed by atoms with E-state index in [4.69, 9.17) is 0 Å². The van der Waals surface area contributed by atoms with Gasteiger partial charge in [-0.25, -0.2) is 0 Å². The van der Waals surface area contributed by atoms with Crippen molar-refractivity contribution in [2.75, 3.05) is 9.80 Å². The first-order valence-corrected chi connectivity index (χ1v) is 18.6. The van der Waals surface area contributed by atoms with Crippen molar-refractivity contribution >= 4 is 88.2 Å². The summed E-state index contributed by atoms with van der Waals surface area (Å²) in [7, 11) is 0. The summed E-state index contributed by atoms with van der Waals surface area (Å²) in [5.41, 5.74) is 9.71. The Balaban J connectivity index is 1.22. The van der Waals surface area contributed by atoms with Crippen molar-refractivity contribution in [3.8, 4) is 5.69 Å². The van der Waals surface area contributed by atoms with Crippen molar-refractivity contribution in [3.05, 3.63) is 201 Å². The zero-order valence-corrected chi connectivity index (χ0v) is 29.8. The minimum Gasteiger partial charge on any atom is -0.309 e. The number of rotatable bonds is 7. The average Bonchev–Trinajstić information content (AvgIpc) is 3.59. The largest absolute Gasteiger partial charge is 0.309 e. The summed E-state index contributed by atoms with van der Waals surface area (Å²) >= 11 is 0. The second-order valence-electron chi connectivity index (χ2n) is 14.0. The molecule has 0 aliphatic carbocycles. The molecule has 0 bridgehead atoms. The minimum atomic E-state index is 0.998. The van der Waals surface area contributed by atoms with Gasteiger partial charge in [0.05, 0.1) is 46.2 Å². The van der Waals surface area contributed by atoms with Crippen LogP contribution in [0, 0.1) is 0 Å². The molecule has 0 atom stereocenters. The molecule has 0 aliphatic heterocycles. The third-order valence-electron chi connectivity index (χ3n) is 10.8. The Labute approximate surface area is 317 Å². The number of benzene rings is 8. The highest BCUT2D eigenvalue weighted by Crippen LogP contribution is 2.48. The van der Waals surface area contributed by atoms with Gasteiger partial charge in [-0.1, -0.05) is 103 Å². The van der Waals surface area contributed by atoms with E-state index in [1.807, 2.05) is 36.9 Å². The van der Waals surface area contributed by atoms with E-state index < -0.39 is 0 Å². The van der Waals surface area contributed by atoms with Crippen LogP contribution in [0.5, 0.6) is 0 Å². The van der Waals surface area contributed by atoms with Crippen LogP contribution in [0.1, 0.15) is 0 Å². The highest BCUT2D eigenvalue weighted by atomic mass is 15.2. The van der Waals surface area contributed by atoms with Crippen LogP contribution in [-0.4, -0.2) is 14.5 Å². The molecule has 3 heterocycles. The summed E-state index contributed by atoms with van der Waals surface area (Å²) < 4.78 is 2.44. The van der Waals surface area contributed by atoms with E-state index in [1.54, 1.807) is 0 Å². The van der Waals surface area contributed by atoms with Gasteiger partial charge in [0.2, 0.25) is 0 Å². The Bertz CT molecular complexity index is 2950. The van der Waals surface area contributed by atoms with Gasteiger partial charge in [-0.15, -0.1) is 0 Å². The zero-order valence-electron chi connectivity index (χ0n) is 29.8. The smallest absolute Gasteiger partial charge is 0.0645 e. The van der Waals surface area contributed by atoms with E-state index in [9.17, 15) is 0 Å². The van der Waals surface area contributed by atoms with Gasteiger partial charge in [0.15, 0.2) is 0 Å². The molecule has 0 spiro atoms. The van der Waals surface area contributed by atoms with Crippen molar-refractivity contribution in [1.82, 2.24) is 14.5 Å². The lowest BCUT2D eigenvalue weighted by Gasteiger charge is -2.27.